The van der Waals surface area contributed by atoms with Crippen LogP contribution in [-0.4, -0.2) is 26.9 Å². The second-order valence-electron chi connectivity index (χ2n) is 4.37. The molecule has 1 atom stereocenters. The number of para-hydroxylation sites is 1. The summed E-state index contributed by atoms with van der Waals surface area (Å²) in [6.07, 6.45) is 1.44. The van der Waals surface area contributed by atoms with Gasteiger partial charge >= 0.3 is 0 Å². The SMILES string of the molecule is Cc1cccc(S(=O)(=O)C2CCCOC2)c1N. The summed E-state index contributed by atoms with van der Waals surface area (Å²) in [5, 5.41) is -0.458. The summed E-state index contributed by atoms with van der Waals surface area (Å²) in [6.45, 7) is 2.73. The van der Waals surface area contributed by atoms with E-state index >= 15 is 0 Å². The Morgan fingerprint density at radius 1 is 1.41 bits per heavy atom. The van der Waals surface area contributed by atoms with E-state index in [1.165, 1.54) is 0 Å². The maximum absolute atomic E-state index is 12.4. The number of benzene rings is 1. The summed E-state index contributed by atoms with van der Waals surface area (Å²) in [5.41, 5.74) is 7.01. The van der Waals surface area contributed by atoms with Crippen LogP contribution in [0.4, 0.5) is 5.69 Å². The van der Waals surface area contributed by atoms with Crippen LogP contribution < -0.4 is 5.73 Å². The molecule has 0 aliphatic carbocycles. The molecule has 1 heterocycles. The lowest BCUT2D eigenvalue weighted by atomic mass is 10.2. The quantitative estimate of drug-likeness (QED) is 0.814. The first-order valence-electron chi connectivity index (χ1n) is 5.70. The van der Waals surface area contributed by atoms with Crippen molar-refractivity contribution in [1.82, 2.24) is 0 Å². The highest BCUT2D eigenvalue weighted by Crippen LogP contribution is 2.28. The normalized spacial score (nSPS) is 21.4. The molecule has 0 spiro atoms. The molecule has 17 heavy (non-hydrogen) atoms. The number of aryl methyl sites for hydroxylation is 1. The molecule has 1 aromatic rings. The van der Waals surface area contributed by atoms with Crippen molar-refractivity contribution < 1.29 is 13.2 Å². The number of anilines is 1. The predicted molar refractivity (Wildman–Crippen MR) is 66.6 cm³/mol. The lowest BCUT2D eigenvalue weighted by Gasteiger charge is -2.23. The molecule has 1 aliphatic heterocycles. The molecule has 0 radical (unpaired) electrons. The van der Waals surface area contributed by atoms with Crippen LogP contribution >= 0.6 is 0 Å². The number of nitrogen functional groups attached to an aromatic ring is 1. The fourth-order valence-corrected chi connectivity index (χ4v) is 3.88. The fraction of sp³-hybridized carbons (Fsp3) is 0.500. The first-order valence-corrected chi connectivity index (χ1v) is 7.25. The first kappa shape index (κ1) is 12.4. The Morgan fingerprint density at radius 2 is 2.18 bits per heavy atom. The van der Waals surface area contributed by atoms with Crippen molar-refractivity contribution in [3.63, 3.8) is 0 Å². The van der Waals surface area contributed by atoms with Gasteiger partial charge in [-0.3, -0.25) is 0 Å². The minimum Gasteiger partial charge on any atom is -0.397 e. The van der Waals surface area contributed by atoms with Crippen molar-refractivity contribution in [2.24, 2.45) is 0 Å². The zero-order valence-electron chi connectivity index (χ0n) is 9.85. The topological polar surface area (TPSA) is 69.4 Å². The van der Waals surface area contributed by atoms with Gasteiger partial charge in [-0.2, -0.15) is 0 Å². The van der Waals surface area contributed by atoms with Crippen LogP contribution in [0.25, 0.3) is 0 Å². The van der Waals surface area contributed by atoms with E-state index in [0.717, 1.165) is 12.0 Å². The van der Waals surface area contributed by atoms with Gasteiger partial charge in [-0.25, -0.2) is 8.42 Å². The molecule has 0 bridgehead atoms. The maximum Gasteiger partial charge on any atom is 0.185 e. The summed E-state index contributed by atoms with van der Waals surface area (Å²) in [6, 6.07) is 5.11. The van der Waals surface area contributed by atoms with Gasteiger partial charge < -0.3 is 10.5 Å². The molecule has 5 heteroatoms. The summed E-state index contributed by atoms with van der Waals surface area (Å²) >= 11 is 0. The molecule has 1 aliphatic rings. The van der Waals surface area contributed by atoms with Crippen LogP contribution in [-0.2, 0) is 14.6 Å². The molecule has 1 saturated heterocycles. The Morgan fingerprint density at radius 3 is 2.82 bits per heavy atom. The molecule has 0 aromatic heterocycles. The summed E-state index contributed by atoms with van der Waals surface area (Å²) in [7, 11) is -3.37. The molecule has 0 saturated carbocycles. The molecular weight excluding hydrogens is 238 g/mol. The third-order valence-electron chi connectivity index (χ3n) is 3.15. The summed E-state index contributed by atoms with van der Waals surface area (Å²) in [4.78, 5) is 0.244. The van der Waals surface area contributed by atoms with Gasteiger partial charge in [0.2, 0.25) is 0 Å². The van der Waals surface area contributed by atoms with Crippen molar-refractivity contribution in [1.29, 1.82) is 0 Å². The Labute approximate surface area is 102 Å². The maximum atomic E-state index is 12.4. The molecule has 2 rings (SSSR count). The number of sulfone groups is 1. The standard InChI is InChI=1S/C12H17NO3S/c1-9-4-2-6-11(12(9)13)17(14,15)10-5-3-7-16-8-10/h2,4,6,10H,3,5,7-8,13H2,1H3. The van der Waals surface area contributed by atoms with E-state index < -0.39 is 15.1 Å². The average Bonchev–Trinajstić information content (AvgIpc) is 2.33. The molecule has 1 unspecified atom stereocenters. The Balaban J connectivity index is 2.40. The zero-order chi connectivity index (χ0) is 12.5. The van der Waals surface area contributed by atoms with E-state index in [9.17, 15) is 8.42 Å². The van der Waals surface area contributed by atoms with Crippen LogP contribution in [0.5, 0.6) is 0 Å². The van der Waals surface area contributed by atoms with Gasteiger partial charge in [-0.1, -0.05) is 12.1 Å². The van der Waals surface area contributed by atoms with E-state index in [2.05, 4.69) is 0 Å². The van der Waals surface area contributed by atoms with E-state index in [1.54, 1.807) is 12.1 Å². The number of hydrogen-bond acceptors (Lipinski definition) is 4. The number of hydrogen-bond donors (Lipinski definition) is 1. The number of nitrogens with two attached hydrogens (primary N) is 1. The van der Waals surface area contributed by atoms with Crippen LogP contribution in [0, 0.1) is 6.92 Å². The fourth-order valence-electron chi connectivity index (χ4n) is 2.04. The monoisotopic (exact) mass is 255 g/mol. The van der Waals surface area contributed by atoms with E-state index in [-0.39, 0.29) is 11.5 Å². The molecule has 2 N–H and O–H groups in total. The van der Waals surface area contributed by atoms with Gasteiger partial charge in [0, 0.05) is 6.61 Å². The number of ether oxygens (including phenoxy) is 1. The van der Waals surface area contributed by atoms with Crippen molar-refractivity contribution in [2.45, 2.75) is 29.9 Å². The van der Waals surface area contributed by atoms with Gasteiger partial charge in [-0.05, 0) is 31.4 Å². The van der Waals surface area contributed by atoms with E-state index in [1.807, 2.05) is 13.0 Å². The lowest BCUT2D eigenvalue weighted by Crippen LogP contribution is -2.31. The van der Waals surface area contributed by atoms with Crippen molar-refractivity contribution >= 4 is 15.5 Å². The lowest BCUT2D eigenvalue weighted by molar-refractivity contribution is 0.0991. The smallest absolute Gasteiger partial charge is 0.185 e. The Kier molecular flexibility index (Phi) is 3.40. The van der Waals surface area contributed by atoms with E-state index in [4.69, 9.17) is 10.5 Å². The average molecular weight is 255 g/mol. The third-order valence-corrected chi connectivity index (χ3v) is 5.37. The Hall–Kier alpha value is -1.07. The summed E-state index contributed by atoms with van der Waals surface area (Å²) < 4.78 is 30.0. The Bertz CT molecular complexity index is 504. The molecule has 0 amide bonds. The largest absolute Gasteiger partial charge is 0.397 e. The van der Waals surface area contributed by atoms with Crippen LogP contribution in [0.2, 0.25) is 0 Å². The van der Waals surface area contributed by atoms with Gasteiger partial charge in [0.25, 0.3) is 0 Å². The zero-order valence-corrected chi connectivity index (χ0v) is 10.7. The van der Waals surface area contributed by atoms with Crippen LogP contribution in [0.15, 0.2) is 23.1 Å². The van der Waals surface area contributed by atoms with Gasteiger partial charge in [0.05, 0.1) is 22.4 Å². The van der Waals surface area contributed by atoms with Gasteiger partial charge in [-0.15, -0.1) is 0 Å². The second-order valence-corrected chi connectivity index (χ2v) is 6.57. The first-order chi connectivity index (χ1) is 8.03. The number of rotatable bonds is 2. The molecule has 4 nitrogen and oxygen atoms in total. The van der Waals surface area contributed by atoms with Crippen molar-refractivity contribution in [3.05, 3.63) is 23.8 Å². The molecular formula is C12H17NO3S. The predicted octanol–water partition coefficient (Wildman–Crippen LogP) is 1.53. The minimum atomic E-state index is -3.37. The second kappa shape index (κ2) is 4.66. The molecule has 1 aromatic carbocycles. The third kappa shape index (κ3) is 2.30. The highest BCUT2D eigenvalue weighted by atomic mass is 32.2. The minimum absolute atomic E-state index is 0.244. The summed E-state index contributed by atoms with van der Waals surface area (Å²) in [5.74, 6) is 0. The van der Waals surface area contributed by atoms with Crippen molar-refractivity contribution in [2.75, 3.05) is 18.9 Å². The molecule has 94 valence electrons. The van der Waals surface area contributed by atoms with Crippen molar-refractivity contribution in [3.8, 4) is 0 Å². The van der Waals surface area contributed by atoms with E-state index in [0.29, 0.717) is 18.7 Å². The van der Waals surface area contributed by atoms with Crippen LogP contribution in [0.1, 0.15) is 18.4 Å². The molecule has 1 fully saturated rings. The highest BCUT2D eigenvalue weighted by molar-refractivity contribution is 7.92. The van der Waals surface area contributed by atoms with Gasteiger partial charge in [0.15, 0.2) is 9.84 Å². The highest BCUT2D eigenvalue weighted by Gasteiger charge is 2.31. The van der Waals surface area contributed by atoms with Crippen LogP contribution in [0.3, 0.4) is 0 Å². The van der Waals surface area contributed by atoms with Gasteiger partial charge in [0.1, 0.15) is 0 Å².